The van der Waals surface area contributed by atoms with E-state index in [0.717, 1.165) is 12.0 Å². The predicted molar refractivity (Wildman–Crippen MR) is 70.0 cm³/mol. The van der Waals surface area contributed by atoms with Crippen molar-refractivity contribution in [2.45, 2.75) is 25.4 Å². The van der Waals surface area contributed by atoms with Crippen molar-refractivity contribution in [1.82, 2.24) is 10.2 Å². The van der Waals surface area contributed by atoms with Gasteiger partial charge >= 0.3 is 0 Å². The summed E-state index contributed by atoms with van der Waals surface area (Å²) in [7, 11) is 0. The lowest BCUT2D eigenvalue weighted by Gasteiger charge is -2.36. The SMILES string of the molecule is CCC(N)C(c1ccsc1)N1CC(=O)NC(=O)C1. The van der Waals surface area contributed by atoms with Gasteiger partial charge in [-0.1, -0.05) is 6.92 Å². The van der Waals surface area contributed by atoms with Crippen molar-refractivity contribution in [1.29, 1.82) is 0 Å². The largest absolute Gasteiger partial charge is 0.326 e. The van der Waals surface area contributed by atoms with Crippen molar-refractivity contribution in [2.24, 2.45) is 5.73 Å². The molecule has 5 nitrogen and oxygen atoms in total. The molecule has 6 heteroatoms. The van der Waals surface area contributed by atoms with Gasteiger partial charge < -0.3 is 5.73 Å². The van der Waals surface area contributed by atoms with Gasteiger partial charge in [0.2, 0.25) is 11.8 Å². The summed E-state index contributed by atoms with van der Waals surface area (Å²) in [6.45, 7) is 2.45. The van der Waals surface area contributed by atoms with Crippen LogP contribution in [0.15, 0.2) is 16.8 Å². The molecule has 1 aromatic heterocycles. The molecule has 2 rings (SSSR count). The zero-order chi connectivity index (χ0) is 13.1. The van der Waals surface area contributed by atoms with Crippen LogP contribution in [0.4, 0.5) is 0 Å². The Hall–Kier alpha value is -1.24. The molecule has 0 spiro atoms. The van der Waals surface area contributed by atoms with E-state index in [4.69, 9.17) is 5.73 Å². The fourth-order valence-electron chi connectivity index (χ4n) is 2.25. The number of carbonyl (C=O) groups excluding carboxylic acids is 2. The van der Waals surface area contributed by atoms with E-state index >= 15 is 0 Å². The first-order valence-electron chi connectivity index (χ1n) is 5.96. The van der Waals surface area contributed by atoms with Gasteiger partial charge in [-0.25, -0.2) is 0 Å². The number of carbonyl (C=O) groups is 2. The summed E-state index contributed by atoms with van der Waals surface area (Å²) in [5.41, 5.74) is 7.23. The highest BCUT2D eigenvalue weighted by molar-refractivity contribution is 7.07. The van der Waals surface area contributed by atoms with Gasteiger partial charge in [-0.05, 0) is 28.8 Å². The monoisotopic (exact) mass is 267 g/mol. The Bertz CT molecular complexity index is 417. The smallest absolute Gasteiger partial charge is 0.240 e. The number of hydrogen-bond donors (Lipinski definition) is 2. The molecular formula is C12H17N3O2S. The molecule has 3 N–H and O–H groups in total. The second-order valence-electron chi connectivity index (χ2n) is 4.45. The highest BCUT2D eigenvalue weighted by Gasteiger charge is 2.32. The predicted octanol–water partition coefficient (Wildman–Crippen LogP) is 0.485. The minimum Gasteiger partial charge on any atom is -0.326 e. The van der Waals surface area contributed by atoms with Crippen LogP contribution in [-0.4, -0.2) is 35.8 Å². The Morgan fingerprint density at radius 3 is 2.61 bits per heavy atom. The number of rotatable bonds is 4. The van der Waals surface area contributed by atoms with Crippen LogP contribution in [0.5, 0.6) is 0 Å². The number of nitrogens with two attached hydrogens (primary N) is 1. The Labute approximate surface area is 110 Å². The standard InChI is InChI=1S/C12H17N3O2S/c1-2-9(13)12(8-3-4-18-7-8)15-5-10(16)14-11(17)6-15/h3-4,7,9,12H,2,5-6,13H2,1H3,(H,14,16,17). The average Bonchev–Trinajstić information content (AvgIpc) is 2.81. The van der Waals surface area contributed by atoms with E-state index < -0.39 is 0 Å². The first kappa shape index (κ1) is 13.2. The third-order valence-corrected chi connectivity index (χ3v) is 3.83. The highest BCUT2D eigenvalue weighted by atomic mass is 32.1. The second kappa shape index (κ2) is 5.60. The van der Waals surface area contributed by atoms with Crippen LogP contribution in [0.2, 0.25) is 0 Å². The molecule has 1 aromatic rings. The highest BCUT2D eigenvalue weighted by Crippen LogP contribution is 2.27. The Kier molecular flexibility index (Phi) is 4.11. The zero-order valence-corrected chi connectivity index (χ0v) is 11.1. The molecule has 0 radical (unpaired) electrons. The molecule has 18 heavy (non-hydrogen) atoms. The lowest BCUT2D eigenvalue weighted by Crippen LogP contribution is -2.55. The van der Waals surface area contributed by atoms with Gasteiger partial charge in [-0.2, -0.15) is 11.3 Å². The van der Waals surface area contributed by atoms with Crippen LogP contribution in [0, 0.1) is 0 Å². The van der Waals surface area contributed by atoms with E-state index in [0.29, 0.717) is 0 Å². The minimum absolute atomic E-state index is 0.0729. The molecule has 1 aliphatic heterocycles. The van der Waals surface area contributed by atoms with E-state index in [1.54, 1.807) is 11.3 Å². The van der Waals surface area contributed by atoms with Crippen LogP contribution in [0.25, 0.3) is 0 Å². The lowest BCUT2D eigenvalue weighted by atomic mass is 9.98. The Morgan fingerprint density at radius 2 is 2.11 bits per heavy atom. The molecule has 2 heterocycles. The number of nitrogens with one attached hydrogen (secondary N) is 1. The van der Waals surface area contributed by atoms with Crippen molar-refractivity contribution < 1.29 is 9.59 Å². The molecule has 2 amide bonds. The second-order valence-corrected chi connectivity index (χ2v) is 5.23. The van der Waals surface area contributed by atoms with Crippen LogP contribution in [-0.2, 0) is 9.59 Å². The molecule has 2 atom stereocenters. The van der Waals surface area contributed by atoms with Gasteiger partial charge in [0.05, 0.1) is 19.1 Å². The minimum atomic E-state index is -0.255. The molecule has 1 saturated heterocycles. The van der Waals surface area contributed by atoms with Crippen LogP contribution < -0.4 is 11.1 Å². The number of nitrogens with zero attached hydrogens (tertiary/aromatic N) is 1. The maximum atomic E-state index is 11.5. The molecule has 0 aromatic carbocycles. The number of piperazine rings is 1. The number of amides is 2. The quantitative estimate of drug-likeness (QED) is 0.778. The number of imide groups is 1. The Morgan fingerprint density at radius 1 is 1.44 bits per heavy atom. The van der Waals surface area contributed by atoms with Crippen molar-refractivity contribution in [2.75, 3.05) is 13.1 Å². The zero-order valence-electron chi connectivity index (χ0n) is 10.3. The maximum Gasteiger partial charge on any atom is 0.240 e. The van der Waals surface area contributed by atoms with Gasteiger partial charge in [0, 0.05) is 6.04 Å². The summed E-state index contributed by atoms with van der Waals surface area (Å²) in [5.74, 6) is -0.510. The first-order chi connectivity index (χ1) is 8.61. The van der Waals surface area contributed by atoms with Crippen LogP contribution >= 0.6 is 11.3 Å². The summed E-state index contributed by atoms with van der Waals surface area (Å²) in [5, 5.41) is 6.32. The maximum absolute atomic E-state index is 11.5. The van der Waals surface area contributed by atoms with Gasteiger partial charge in [-0.15, -0.1) is 0 Å². The van der Waals surface area contributed by atoms with E-state index in [2.05, 4.69) is 5.32 Å². The molecule has 2 unspecified atom stereocenters. The molecule has 1 aliphatic rings. The third kappa shape index (κ3) is 2.77. The molecule has 0 aliphatic carbocycles. The van der Waals surface area contributed by atoms with Crippen molar-refractivity contribution in [3.8, 4) is 0 Å². The third-order valence-electron chi connectivity index (χ3n) is 3.13. The molecular weight excluding hydrogens is 250 g/mol. The van der Waals surface area contributed by atoms with Gasteiger partial charge in [0.25, 0.3) is 0 Å². The fourth-order valence-corrected chi connectivity index (χ4v) is 2.94. The van der Waals surface area contributed by atoms with Crippen molar-refractivity contribution >= 4 is 23.2 Å². The lowest BCUT2D eigenvalue weighted by molar-refractivity contribution is -0.137. The molecule has 98 valence electrons. The average molecular weight is 267 g/mol. The van der Waals surface area contributed by atoms with Crippen LogP contribution in [0.3, 0.4) is 0 Å². The van der Waals surface area contributed by atoms with Gasteiger partial charge in [-0.3, -0.25) is 19.8 Å². The number of hydrogen-bond acceptors (Lipinski definition) is 5. The summed E-state index contributed by atoms with van der Waals surface area (Å²) < 4.78 is 0. The Balaban J connectivity index is 2.23. The first-order valence-corrected chi connectivity index (χ1v) is 6.90. The topological polar surface area (TPSA) is 75.4 Å². The molecule has 0 bridgehead atoms. The van der Waals surface area contributed by atoms with Crippen molar-refractivity contribution in [3.05, 3.63) is 22.4 Å². The van der Waals surface area contributed by atoms with Gasteiger partial charge in [0.1, 0.15) is 0 Å². The van der Waals surface area contributed by atoms with Crippen molar-refractivity contribution in [3.63, 3.8) is 0 Å². The number of thiophene rings is 1. The summed E-state index contributed by atoms with van der Waals surface area (Å²) in [6.07, 6.45) is 0.798. The fraction of sp³-hybridized carbons (Fsp3) is 0.500. The summed E-state index contributed by atoms with van der Waals surface area (Å²) >= 11 is 1.59. The van der Waals surface area contributed by atoms with E-state index in [1.807, 2.05) is 28.7 Å². The normalized spacial score (nSPS) is 20.6. The molecule has 1 fully saturated rings. The molecule has 0 saturated carbocycles. The van der Waals surface area contributed by atoms with Gasteiger partial charge in [0.15, 0.2) is 0 Å². The van der Waals surface area contributed by atoms with E-state index in [1.165, 1.54) is 0 Å². The van der Waals surface area contributed by atoms with E-state index in [9.17, 15) is 9.59 Å². The summed E-state index contributed by atoms with van der Waals surface area (Å²) in [6, 6.07) is 1.84. The summed E-state index contributed by atoms with van der Waals surface area (Å²) in [4.78, 5) is 24.8. The van der Waals surface area contributed by atoms with E-state index in [-0.39, 0.29) is 37.0 Å². The van der Waals surface area contributed by atoms with Crippen LogP contribution in [0.1, 0.15) is 24.9 Å².